The molecule has 2 atom stereocenters. The van der Waals surface area contributed by atoms with Gasteiger partial charge in [0, 0.05) is 44.4 Å². The van der Waals surface area contributed by atoms with Gasteiger partial charge >= 0.3 is 0 Å². The summed E-state index contributed by atoms with van der Waals surface area (Å²) >= 11 is 0. The van der Waals surface area contributed by atoms with Crippen molar-refractivity contribution in [3.63, 3.8) is 0 Å². The van der Waals surface area contributed by atoms with E-state index in [0.717, 1.165) is 25.0 Å². The Morgan fingerprint density at radius 2 is 2.12 bits per heavy atom. The van der Waals surface area contributed by atoms with E-state index < -0.39 is 0 Å². The van der Waals surface area contributed by atoms with Gasteiger partial charge < -0.3 is 15.2 Å². The van der Waals surface area contributed by atoms with Crippen LogP contribution in [0.1, 0.15) is 12.0 Å². The third-order valence-corrected chi connectivity index (χ3v) is 5.14. The van der Waals surface area contributed by atoms with Crippen LogP contribution in [0.3, 0.4) is 0 Å². The fourth-order valence-electron chi connectivity index (χ4n) is 3.87. The quantitative estimate of drug-likeness (QED) is 0.863. The summed E-state index contributed by atoms with van der Waals surface area (Å²) in [4.78, 5) is 31.5. The van der Waals surface area contributed by atoms with Gasteiger partial charge in [-0.1, -0.05) is 6.07 Å². The number of carbonyl (C=O) groups excluding carboxylic acids is 2. The van der Waals surface area contributed by atoms with Gasteiger partial charge in [-0.05, 0) is 35.6 Å². The molecule has 2 aromatic rings. The highest BCUT2D eigenvalue weighted by Gasteiger charge is 2.39. The van der Waals surface area contributed by atoms with Crippen molar-refractivity contribution >= 4 is 22.7 Å². The van der Waals surface area contributed by atoms with E-state index in [-0.39, 0.29) is 30.3 Å². The summed E-state index contributed by atoms with van der Waals surface area (Å²) in [5, 5.41) is 4.22. The number of aromatic nitrogens is 1. The molecule has 4 rings (SSSR count). The largest absolute Gasteiger partial charge is 0.361 e. The summed E-state index contributed by atoms with van der Waals surface area (Å²) in [6, 6.07) is 8.47. The van der Waals surface area contributed by atoms with Crippen LogP contribution in [0.5, 0.6) is 0 Å². The number of aromatic amines is 1. The third-order valence-electron chi connectivity index (χ3n) is 5.14. The second kappa shape index (κ2) is 5.94. The van der Waals surface area contributed by atoms with Gasteiger partial charge in [0.15, 0.2) is 0 Å². The first-order chi connectivity index (χ1) is 11.6. The van der Waals surface area contributed by atoms with Gasteiger partial charge in [-0.25, -0.2) is 0 Å². The molecule has 6 heteroatoms. The monoisotopic (exact) mass is 326 g/mol. The predicted octanol–water partition coefficient (Wildman–Crippen LogP) is 0.947. The standard InChI is InChI=1S/C18H22N4O2/c1-21-11-17(23)20-16-5-7-22(10-14(16)18(21)24)9-12-2-3-15-13(8-12)4-6-19-15/h2-4,6,8,14,16,19H,5,7,9-11H2,1H3,(H,20,23)/t14-,16+/m0/s1. The van der Waals surface area contributed by atoms with Crippen LogP contribution in [0.25, 0.3) is 10.9 Å². The molecule has 0 unspecified atom stereocenters. The summed E-state index contributed by atoms with van der Waals surface area (Å²) < 4.78 is 0. The van der Waals surface area contributed by atoms with Crippen LogP contribution in [-0.4, -0.2) is 59.3 Å². The van der Waals surface area contributed by atoms with E-state index in [4.69, 9.17) is 0 Å². The van der Waals surface area contributed by atoms with Crippen molar-refractivity contribution < 1.29 is 9.59 Å². The Morgan fingerprint density at radius 3 is 3.00 bits per heavy atom. The Labute approximate surface area is 140 Å². The maximum absolute atomic E-state index is 12.6. The highest BCUT2D eigenvalue weighted by molar-refractivity contribution is 5.89. The van der Waals surface area contributed by atoms with Crippen molar-refractivity contribution in [1.82, 2.24) is 20.1 Å². The molecule has 2 saturated heterocycles. The topological polar surface area (TPSA) is 68.4 Å². The number of hydrogen-bond donors (Lipinski definition) is 2. The zero-order valence-corrected chi connectivity index (χ0v) is 13.8. The van der Waals surface area contributed by atoms with E-state index in [1.165, 1.54) is 10.9 Å². The molecule has 0 spiro atoms. The Balaban J connectivity index is 1.49. The first kappa shape index (κ1) is 15.2. The van der Waals surface area contributed by atoms with Gasteiger partial charge in [0.1, 0.15) is 0 Å². The van der Waals surface area contributed by atoms with E-state index in [2.05, 4.69) is 39.5 Å². The number of rotatable bonds is 2. The molecule has 0 aliphatic carbocycles. The van der Waals surface area contributed by atoms with Gasteiger partial charge in [0.05, 0.1) is 12.5 Å². The van der Waals surface area contributed by atoms with Gasteiger partial charge in [-0.2, -0.15) is 0 Å². The van der Waals surface area contributed by atoms with Crippen LogP contribution < -0.4 is 5.32 Å². The van der Waals surface area contributed by atoms with Crippen molar-refractivity contribution in [1.29, 1.82) is 0 Å². The lowest BCUT2D eigenvalue weighted by Gasteiger charge is -2.37. The van der Waals surface area contributed by atoms with Crippen molar-refractivity contribution in [2.24, 2.45) is 5.92 Å². The summed E-state index contributed by atoms with van der Waals surface area (Å²) in [6.07, 6.45) is 2.77. The number of fused-ring (bicyclic) bond motifs is 2. The Hall–Kier alpha value is -2.34. The number of likely N-dealkylation sites (tertiary alicyclic amines) is 1. The van der Waals surface area contributed by atoms with Crippen molar-refractivity contribution in [3.05, 3.63) is 36.0 Å². The molecular formula is C18H22N4O2. The summed E-state index contributed by atoms with van der Waals surface area (Å²) in [5.74, 6) is -0.125. The molecule has 0 saturated carbocycles. The van der Waals surface area contributed by atoms with Crippen LogP contribution in [-0.2, 0) is 16.1 Å². The first-order valence-corrected chi connectivity index (χ1v) is 8.43. The number of H-pyrrole nitrogens is 1. The number of amides is 2. The maximum atomic E-state index is 12.6. The van der Waals surface area contributed by atoms with E-state index >= 15 is 0 Å². The molecule has 3 heterocycles. The maximum Gasteiger partial charge on any atom is 0.239 e. The smallest absolute Gasteiger partial charge is 0.239 e. The molecule has 0 radical (unpaired) electrons. The molecule has 2 fully saturated rings. The van der Waals surface area contributed by atoms with Gasteiger partial charge in [-0.15, -0.1) is 0 Å². The second-order valence-electron chi connectivity index (χ2n) is 6.90. The van der Waals surface area contributed by atoms with Gasteiger partial charge in [-0.3, -0.25) is 14.5 Å². The zero-order valence-electron chi connectivity index (χ0n) is 13.8. The number of likely N-dealkylation sites (N-methyl/N-ethyl adjacent to an activating group) is 1. The average Bonchev–Trinajstić information content (AvgIpc) is 2.99. The molecule has 24 heavy (non-hydrogen) atoms. The van der Waals surface area contributed by atoms with E-state index in [1.54, 1.807) is 11.9 Å². The summed E-state index contributed by atoms with van der Waals surface area (Å²) in [5.41, 5.74) is 2.39. The first-order valence-electron chi connectivity index (χ1n) is 8.43. The molecule has 2 aliphatic heterocycles. The lowest BCUT2D eigenvalue weighted by atomic mass is 9.91. The molecule has 2 N–H and O–H groups in total. The van der Waals surface area contributed by atoms with Crippen LogP contribution in [0, 0.1) is 5.92 Å². The molecule has 2 aliphatic rings. The third kappa shape index (κ3) is 2.78. The molecule has 2 amide bonds. The molecule has 1 aromatic heterocycles. The minimum atomic E-state index is -0.147. The van der Waals surface area contributed by atoms with Gasteiger partial charge in [0.2, 0.25) is 11.8 Å². The summed E-state index contributed by atoms with van der Waals surface area (Å²) in [6.45, 7) is 2.58. The van der Waals surface area contributed by atoms with Crippen LogP contribution >= 0.6 is 0 Å². The van der Waals surface area contributed by atoms with Crippen molar-refractivity contribution in [2.75, 3.05) is 26.7 Å². The van der Waals surface area contributed by atoms with Crippen molar-refractivity contribution in [2.45, 2.75) is 19.0 Å². The molecule has 126 valence electrons. The van der Waals surface area contributed by atoms with E-state index in [1.807, 2.05) is 6.20 Å². The number of hydrogen-bond acceptors (Lipinski definition) is 3. The fraction of sp³-hybridized carbons (Fsp3) is 0.444. The highest BCUT2D eigenvalue weighted by atomic mass is 16.2. The Morgan fingerprint density at radius 1 is 1.25 bits per heavy atom. The fourth-order valence-corrected chi connectivity index (χ4v) is 3.87. The molecular weight excluding hydrogens is 304 g/mol. The summed E-state index contributed by atoms with van der Waals surface area (Å²) in [7, 11) is 1.71. The average molecular weight is 326 g/mol. The minimum Gasteiger partial charge on any atom is -0.361 e. The van der Waals surface area contributed by atoms with Crippen LogP contribution in [0.4, 0.5) is 0 Å². The number of benzene rings is 1. The minimum absolute atomic E-state index is 0.0293. The second-order valence-corrected chi connectivity index (χ2v) is 6.90. The Kier molecular flexibility index (Phi) is 3.76. The van der Waals surface area contributed by atoms with E-state index in [0.29, 0.717) is 6.54 Å². The lowest BCUT2D eigenvalue weighted by Crippen LogP contribution is -2.52. The lowest BCUT2D eigenvalue weighted by molar-refractivity contribution is -0.136. The van der Waals surface area contributed by atoms with Crippen LogP contribution in [0.15, 0.2) is 30.5 Å². The number of nitrogens with one attached hydrogen (secondary N) is 2. The highest BCUT2D eigenvalue weighted by Crippen LogP contribution is 2.24. The number of carbonyl (C=O) groups is 2. The molecule has 1 aromatic carbocycles. The SMILES string of the molecule is CN1CC(=O)N[C@@H]2CCN(Cc3ccc4[nH]ccc4c3)C[C@@H]2C1=O. The van der Waals surface area contributed by atoms with Crippen LogP contribution in [0.2, 0.25) is 0 Å². The normalized spacial score (nSPS) is 25.5. The zero-order chi connectivity index (χ0) is 16.7. The van der Waals surface area contributed by atoms with Crippen molar-refractivity contribution in [3.8, 4) is 0 Å². The molecule has 0 bridgehead atoms. The molecule has 6 nitrogen and oxygen atoms in total. The van der Waals surface area contributed by atoms with E-state index in [9.17, 15) is 9.59 Å². The Bertz CT molecular complexity index is 784. The van der Waals surface area contributed by atoms with Gasteiger partial charge in [0.25, 0.3) is 0 Å². The number of piperidine rings is 1. The predicted molar refractivity (Wildman–Crippen MR) is 91.3 cm³/mol. The number of nitrogens with zero attached hydrogens (tertiary/aromatic N) is 2.